The first kappa shape index (κ1) is 15.2. The van der Waals surface area contributed by atoms with Crippen molar-refractivity contribution in [1.29, 1.82) is 0 Å². The first-order valence-electron chi connectivity index (χ1n) is 5.78. The molecule has 1 N–H and O–H groups in total. The molecule has 0 aromatic heterocycles. The molecular weight excluding hydrogens is 272 g/mol. The summed E-state index contributed by atoms with van der Waals surface area (Å²) < 4.78 is 0. The Morgan fingerprint density at radius 1 is 1.53 bits per heavy atom. The van der Waals surface area contributed by atoms with E-state index in [1.165, 1.54) is 12.1 Å². The van der Waals surface area contributed by atoms with Crippen molar-refractivity contribution < 1.29 is 14.8 Å². The Hall–Kier alpha value is -1.82. The Kier molecular flexibility index (Phi) is 5.11. The molecule has 0 amide bonds. The summed E-state index contributed by atoms with van der Waals surface area (Å²) in [7, 11) is 0. The lowest BCUT2D eigenvalue weighted by Crippen LogP contribution is -2.31. The molecule has 0 aliphatic rings. The van der Waals surface area contributed by atoms with Crippen LogP contribution in [0.5, 0.6) is 0 Å². The minimum Gasteiger partial charge on any atom is -0.480 e. The zero-order valence-electron chi connectivity index (χ0n) is 10.7. The van der Waals surface area contributed by atoms with Gasteiger partial charge in [0.05, 0.1) is 4.92 Å². The number of benzene rings is 1. The van der Waals surface area contributed by atoms with Crippen molar-refractivity contribution in [2.45, 2.75) is 20.3 Å². The number of hydrogen-bond donors (Lipinski definition) is 1. The molecule has 7 heteroatoms. The molecule has 19 heavy (non-hydrogen) atoms. The van der Waals surface area contributed by atoms with E-state index in [-0.39, 0.29) is 17.3 Å². The van der Waals surface area contributed by atoms with Gasteiger partial charge in [-0.25, -0.2) is 0 Å². The summed E-state index contributed by atoms with van der Waals surface area (Å²) >= 11 is 5.86. The summed E-state index contributed by atoms with van der Waals surface area (Å²) in [5, 5.41) is 19.7. The molecule has 0 heterocycles. The summed E-state index contributed by atoms with van der Waals surface area (Å²) in [5.41, 5.74) is 1.07. The van der Waals surface area contributed by atoms with Crippen LogP contribution in [0.15, 0.2) is 12.1 Å². The Morgan fingerprint density at radius 3 is 2.63 bits per heavy atom. The van der Waals surface area contributed by atoms with Gasteiger partial charge in [0, 0.05) is 18.3 Å². The lowest BCUT2D eigenvalue weighted by atomic mass is 10.1. The van der Waals surface area contributed by atoms with Crippen molar-refractivity contribution in [1.82, 2.24) is 0 Å². The molecule has 104 valence electrons. The SMILES string of the molecule is CCCN(CC(=O)O)c1cc(Cl)c([N+](=O)[O-])cc1C. The number of halogens is 1. The third-order valence-corrected chi connectivity index (χ3v) is 2.93. The number of anilines is 1. The van der Waals surface area contributed by atoms with Crippen LogP contribution in [0.3, 0.4) is 0 Å². The number of aliphatic carboxylic acids is 1. The standard InChI is InChI=1S/C12H15ClN2O4/c1-3-4-14(7-12(16)17)10-6-9(13)11(15(18)19)5-8(10)2/h5-6H,3-4,7H2,1-2H3,(H,16,17). The van der Waals surface area contributed by atoms with Crippen LogP contribution >= 0.6 is 11.6 Å². The van der Waals surface area contributed by atoms with Crippen molar-refractivity contribution >= 4 is 28.9 Å². The zero-order chi connectivity index (χ0) is 14.6. The number of carboxylic acid groups (broad SMARTS) is 1. The van der Waals surface area contributed by atoms with Gasteiger partial charge in [0.2, 0.25) is 0 Å². The topological polar surface area (TPSA) is 83.7 Å². The molecule has 1 aromatic rings. The van der Waals surface area contributed by atoms with Crippen LogP contribution in [0.1, 0.15) is 18.9 Å². The molecule has 6 nitrogen and oxygen atoms in total. The minimum atomic E-state index is -0.956. The third-order valence-electron chi connectivity index (χ3n) is 2.62. The smallest absolute Gasteiger partial charge is 0.323 e. The molecule has 0 radical (unpaired) electrons. The summed E-state index contributed by atoms with van der Waals surface area (Å²) in [4.78, 5) is 22.7. The number of nitro groups is 1. The molecule has 0 saturated heterocycles. The highest BCUT2D eigenvalue weighted by Gasteiger charge is 2.19. The molecule has 0 aliphatic heterocycles. The monoisotopic (exact) mass is 286 g/mol. The van der Waals surface area contributed by atoms with Crippen LogP contribution in [-0.4, -0.2) is 29.1 Å². The fourth-order valence-corrected chi connectivity index (χ4v) is 2.08. The maximum atomic E-state index is 10.8. The van der Waals surface area contributed by atoms with Gasteiger partial charge in [0.15, 0.2) is 0 Å². The summed E-state index contributed by atoms with van der Waals surface area (Å²) in [6.07, 6.45) is 0.765. The summed E-state index contributed by atoms with van der Waals surface area (Å²) in [6.45, 7) is 4.00. The van der Waals surface area contributed by atoms with E-state index < -0.39 is 10.9 Å². The van der Waals surface area contributed by atoms with E-state index in [2.05, 4.69) is 0 Å². The Labute approximate surface area is 115 Å². The van der Waals surface area contributed by atoms with Gasteiger partial charge in [-0.1, -0.05) is 18.5 Å². The predicted octanol–water partition coefficient (Wildman–Crippen LogP) is 2.86. The molecule has 0 aliphatic carbocycles. The number of carboxylic acids is 1. The number of rotatable bonds is 6. The van der Waals surface area contributed by atoms with Crippen LogP contribution < -0.4 is 4.90 Å². The van der Waals surface area contributed by atoms with Crippen molar-refractivity contribution in [2.75, 3.05) is 18.0 Å². The second-order valence-electron chi connectivity index (χ2n) is 4.16. The molecule has 0 saturated carbocycles. The average molecular weight is 287 g/mol. The van der Waals surface area contributed by atoms with E-state index in [0.29, 0.717) is 17.8 Å². The van der Waals surface area contributed by atoms with Gasteiger partial charge < -0.3 is 10.0 Å². The van der Waals surface area contributed by atoms with Crippen molar-refractivity contribution in [3.8, 4) is 0 Å². The predicted molar refractivity (Wildman–Crippen MR) is 73.0 cm³/mol. The van der Waals surface area contributed by atoms with Crippen LogP contribution in [0.4, 0.5) is 11.4 Å². The van der Waals surface area contributed by atoms with Crippen molar-refractivity contribution in [3.05, 3.63) is 32.8 Å². The van der Waals surface area contributed by atoms with Crippen LogP contribution in [0.25, 0.3) is 0 Å². The number of aryl methyl sites for hydroxylation is 1. The summed E-state index contributed by atoms with van der Waals surface area (Å²) in [6, 6.07) is 2.82. The Morgan fingerprint density at radius 2 is 2.16 bits per heavy atom. The maximum absolute atomic E-state index is 10.8. The number of carbonyl (C=O) groups is 1. The van der Waals surface area contributed by atoms with E-state index >= 15 is 0 Å². The normalized spacial score (nSPS) is 10.3. The molecule has 0 unspecified atom stereocenters. The Bertz CT molecular complexity index is 505. The van der Waals surface area contributed by atoms with Gasteiger partial charge in [0.25, 0.3) is 5.69 Å². The molecule has 1 rings (SSSR count). The molecule has 0 atom stereocenters. The quantitative estimate of drug-likeness (QED) is 0.642. The molecule has 0 bridgehead atoms. The first-order chi connectivity index (χ1) is 8.86. The van der Waals surface area contributed by atoms with Crippen LogP contribution in [0, 0.1) is 17.0 Å². The first-order valence-corrected chi connectivity index (χ1v) is 6.15. The molecule has 1 aromatic carbocycles. The number of nitrogens with zero attached hydrogens (tertiary/aromatic N) is 2. The lowest BCUT2D eigenvalue weighted by molar-refractivity contribution is -0.384. The average Bonchev–Trinajstić information content (AvgIpc) is 2.30. The van der Waals surface area contributed by atoms with Gasteiger partial charge in [-0.15, -0.1) is 0 Å². The highest BCUT2D eigenvalue weighted by molar-refractivity contribution is 6.33. The fraction of sp³-hybridized carbons (Fsp3) is 0.417. The van der Waals surface area contributed by atoms with E-state index in [9.17, 15) is 14.9 Å². The van der Waals surface area contributed by atoms with Gasteiger partial charge in [0.1, 0.15) is 11.6 Å². The number of hydrogen-bond acceptors (Lipinski definition) is 4. The largest absolute Gasteiger partial charge is 0.480 e. The van der Waals surface area contributed by atoms with E-state index in [1.807, 2.05) is 6.92 Å². The van der Waals surface area contributed by atoms with E-state index in [1.54, 1.807) is 11.8 Å². The van der Waals surface area contributed by atoms with Crippen molar-refractivity contribution in [2.24, 2.45) is 0 Å². The van der Waals surface area contributed by atoms with Gasteiger partial charge in [-0.2, -0.15) is 0 Å². The van der Waals surface area contributed by atoms with Gasteiger partial charge in [-0.3, -0.25) is 14.9 Å². The fourth-order valence-electron chi connectivity index (χ4n) is 1.85. The second kappa shape index (κ2) is 6.38. The highest BCUT2D eigenvalue weighted by Crippen LogP contribution is 2.32. The Balaban J connectivity index is 3.20. The number of nitro benzene ring substituents is 1. The van der Waals surface area contributed by atoms with Crippen molar-refractivity contribution in [3.63, 3.8) is 0 Å². The lowest BCUT2D eigenvalue weighted by Gasteiger charge is -2.24. The van der Waals surface area contributed by atoms with Crippen LogP contribution in [0.2, 0.25) is 5.02 Å². The third kappa shape index (κ3) is 3.82. The zero-order valence-corrected chi connectivity index (χ0v) is 11.5. The molecule has 0 spiro atoms. The summed E-state index contributed by atoms with van der Waals surface area (Å²) in [5.74, 6) is -0.956. The maximum Gasteiger partial charge on any atom is 0.323 e. The highest BCUT2D eigenvalue weighted by atomic mass is 35.5. The van der Waals surface area contributed by atoms with Gasteiger partial charge in [-0.05, 0) is 25.0 Å². The second-order valence-corrected chi connectivity index (χ2v) is 4.57. The molecule has 0 fully saturated rings. The molecular formula is C12H15ClN2O4. The van der Waals surface area contributed by atoms with E-state index in [0.717, 1.165) is 6.42 Å². The van der Waals surface area contributed by atoms with Crippen LogP contribution in [-0.2, 0) is 4.79 Å². The van der Waals surface area contributed by atoms with Gasteiger partial charge >= 0.3 is 5.97 Å². The minimum absolute atomic E-state index is 0.0112. The van der Waals surface area contributed by atoms with E-state index in [4.69, 9.17) is 16.7 Å².